The predicted molar refractivity (Wildman–Crippen MR) is 144 cm³/mol. The average Bonchev–Trinajstić information content (AvgIpc) is 3.78. The molecule has 1 heterocycles. The number of anilines is 1. The lowest BCUT2D eigenvalue weighted by Gasteiger charge is -2.25. The number of carbonyl (C=O) groups excluding carboxylic acids is 3. The first-order valence-corrected chi connectivity index (χ1v) is 13.2. The topological polar surface area (TPSA) is 128 Å². The Morgan fingerprint density at radius 3 is 2.24 bits per heavy atom. The molecule has 214 valence electrons. The van der Waals surface area contributed by atoms with Crippen LogP contribution in [-0.2, 0) is 16.0 Å². The van der Waals surface area contributed by atoms with Crippen molar-refractivity contribution in [3.63, 3.8) is 0 Å². The number of rotatable bonds is 11. The molecular formula is C30H29F2N3O6. The van der Waals surface area contributed by atoms with E-state index in [2.05, 4.69) is 10.6 Å². The Labute approximate surface area is 234 Å². The Morgan fingerprint density at radius 1 is 0.976 bits per heavy atom. The van der Waals surface area contributed by atoms with Crippen molar-refractivity contribution in [2.75, 3.05) is 18.5 Å². The summed E-state index contributed by atoms with van der Waals surface area (Å²) in [6.45, 7) is -0.785. The van der Waals surface area contributed by atoms with E-state index in [9.17, 15) is 33.4 Å². The third-order valence-corrected chi connectivity index (χ3v) is 7.15. The van der Waals surface area contributed by atoms with Crippen LogP contribution in [0.2, 0.25) is 0 Å². The quantitative estimate of drug-likeness (QED) is 0.264. The van der Waals surface area contributed by atoms with E-state index in [1.807, 2.05) is 0 Å². The highest BCUT2D eigenvalue weighted by atomic mass is 19.1. The molecule has 0 aromatic heterocycles. The van der Waals surface area contributed by atoms with Crippen LogP contribution in [0.5, 0.6) is 5.75 Å². The monoisotopic (exact) mass is 565 g/mol. The van der Waals surface area contributed by atoms with Crippen LogP contribution >= 0.6 is 0 Å². The van der Waals surface area contributed by atoms with Crippen LogP contribution < -0.4 is 15.4 Å². The Hall–Kier alpha value is -4.35. The largest absolute Gasteiger partial charge is 0.486 e. The summed E-state index contributed by atoms with van der Waals surface area (Å²) < 4.78 is 33.8. The van der Waals surface area contributed by atoms with Crippen molar-refractivity contribution in [3.05, 3.63) is 95.1 Å². The number of carbonyl (C=O) groups is 3. The maximum atomic E-state index is 14.9. The van der Waals surface area contributed by atoms with Crippen LogP contribution in [0.4, 0.5) is 19.3 Å². The summed E-state index contributed by atoms with van der Waals surface area (Å²) in [7, 11) is 0. The van der Waals surface area contributed by atoms with Gasteiger partial charge >= 0.3 is 6.03 Å². The highest BCUT2D eigenvalue weighted by Crippen LogP contribution is 2.40. The van der Waals surface area contributed by atoms with Crippen molar-refractivity contribution >= 4 is 23.5 Å². The maximum Gasteiger partial charge on any atom is 0.325 e. The van der Waals surface area contributed by atoms with E-state index < -0.39 is 60.9 Å². The summed E-state index contributed by atoms with van der Waals surface area (Å²) >= 11 is 0. The number of benzene rings is 3. The van der Waals surface area contributed by atoms with Crippen molar-refractivity contribution in [1.82, 2.24) is 10.2 Å². The molecule has 2 aliphatic rings. The van der Waals surface area contributed by atoms with Gasteiger partial charge in [-0.1, -0.05) is 30.3 Å². The van der Waals surface area contributed by atoms with Crippen LogP contribution in [0.3, 0.4) is 0 Å². The molecule has 3 aromatic carbocycles. The number of nitrogens with one attached hydrogen (secondary N) is 2. The molecule has 1 unspecified atom stereocenters. The van der Waals surface area contributed by atoms with Gasteiger partial charge in [0.15, 0.2) is 0 Å². The number of hydrogen-bond donors (Lipinski definition) is 4. The third kappa shape index (κ3) is 6.36. The Kier molecular flexibility index (Phi) is 8.27. The number of hydrogen-bond acceptors (Lipinski definition) is 6. The van der Waals surface area contributed by atoms with Gasteiger partial charge in [-0.3, -0.25) is 9.59 Å². The summed E-state index contributed by atoms with van der Waals surface area (Å²) in [5, 5.41) is 23.5. The molecule has 4 amide bonds. The van der Waals surface area contributed by atoms with Crippen LogP contribution in [0, 0.1) is 11.6 Å². The van der Waals surface area contributed by atoms with Crippen LogP contribution in [0.1, 0.15) is 41.5 Å². The fourth-order valence-corrected chi connectivity index (χ4v) is 4.74. The minimum atomic E-state index is -1.36. The molecule has 2 fully saturated rings. The number of aliphatic hydroxyl groups excluding tert-OH is 2. The second kappa shape index (κ2) is 12.0. The molecule has 4 N–H and O–H groups in total. The summed E-state index contributed by atoms with van der Waals surface area (Å²) in [5.41, 5.74) is 1.67. The van der Waals surface area contributed by atoms with Crippen molar-refractivity contribution in [1.29, 1.82) is 0 Å². The minimum absolute atomic E-state index is 0.0771. The normalized spacial score (nSPS) is 17.5. The van der Waals surface area contributed by atoms with E-state index in [0.717, 1.165) is 23.3 Å². The van der Waals surface area contributed by atoms with Crippen molar-refractivity contribution in [3.8, 4) is 5.75 Å². The Bertz CT molecular complexity index is 1430. The van der Waals surface area contributed by atoms with E-state index in [1.54, 1.807) is 18.2 Å². The molecule has 2 atom stereocenters. The predicted octanol–water partition coefficient (Wildman–Crippen LogP) is 3.42. The van der Waals surface area contributed by atoms with Gasteiger partial charge in [-0.25, -0.2) is 18.5 Å². The number of amides is 4. The third-order valence-electron chi connectivity index (χ3n) is 7.15. The molecule has 5 rings (SSSR count). The van der Waals surface area contributed by atoms with E-state index in [1.165, 1.54) is 48.5 Å². The molecule has 0 radical (unpaired) electrons. The molecule has 1 saturated carbocycles. The lowest BCUT2D eigenvalue weighted by Crippen LogP contribution is -2.49. The van der Waals surface area contributed by atoms with Gasteiger partial charge in [-0.15, -0.1) is 0 Å². The second-order valence-corrected chi connectivity index (χ2v) is 10.1. The van der Waals surface area contributed by atoms with Gasteiger partial charge in [-0.05, 0) is 71.8 Å². The van der Waals surface area contributed by atoms with Crippen molar-refractivity contribution in [2.24, 2.45) is 0 Å². The van der Waals surface area contributed by atoms with Crippen molar-refractivity contribution in [2.45, 2.75) is 43.4 Å². The molecule has 1 aliphatic carbocycles. The van der Waals surface area contributed by atoms with Crippen molar-refractivity contribution < 1.29 is 38.1 Å². The van der Waals surface area contributed by atoms with E-state index in [4.69, 9.17) is 4.74 Å². The Balaban J connectivity index is 1.38. The summed E-state index contributed by atoms with van der Waals surface area (Å²) in [5.74, 6) is -1.93. The average molecular weight is 566 g/mol. The zero-order valence-electron chi connectivity index (χ0n) is 21.9. The van der Waals surface area contributed by atoms with Crippen LogP contribution in [0.25, 0.3) is 0 Å². The van der Waals surface area contributed by atoms with E-state index >= 15 is 0 Å². The highest BCUT2D eigenvalue weighted by molar-refractivity contribution is 6.09. The summed E-state index contributed by atoms with van der Waals surface area (Å²) in [4.78, 5) is 40.9. The second-order valence-electron chi connectivity index (χ2n) is 10.1. The first-order chi connectivity index (χ1) is 19.8. The lowest BCUT2D eigenvalue weighted by atomic mass is 10.0. The van der Waals surface area contributed by atoms with E-state index in [0.29, 0.717) is 22.8 Å². The number of ether oxygens (including phenoxy) is 1. The number of halogens is 2. The Morgan fingerprint density at radius 2 is 1.63 bits per heavy atom. The first kappa shape index (κ1) is 28.2. The summed E-state index contributed by atoms with van der Waals surface area (Å²) in [6, 6.07) is 12.7. The molecule has 41 heavy (non-hydrogen) atoms. The molecule has 9 nitrogen and oxygen atoms in total. The van der Waals surface area contributed by atoms with Gasteiger partial charge in [-0.2, -0.15) is 0 Å². The fourth-order valence-electron chi connectivity index (χ4n) is 4.74. The highest BCUT2D eigenvalue weighted by Gasteiger charge is 2.45. The van der Waals surface area contributed by atoms with Gasteiger partial charge in [0.1, 0.15) is 35.6 Å². The number of imide groups is 1. The molecule has 11 heteroatoms. The van der Waals surface area contributed by atoms with Gasteiger partial charge in [0.2, 0.25) is 5.91 Å². The van der Waals surface area contributed by atoms with Crippen LogP contribution in [0.15, 0.2) is 66.7 Å². The maximum absolute atomic E-state index is 14.9. The number of urea groups is 1. The molecule has 3 aromatic rings. The lowest BCUT2D eigenvalue weighted by molar-refractivity contribution is -0.134. The molecule has 0 spiro atoms. The zero-order valence-corrected chi connectivity index (χ0v) is 21.9. The summed E-state index contributed by atoms with van der Waals surface area (Å²) in [6.07, 6.45) is 1.03. The number of nitrogens with zero attached hydrogens (tertiary/aromatic N) is 1. The molecule has 0 bridgehead atoms. The molecular weight excluding hydrogens is 536 g/mol. The number of aliphatic hydroxyl groups is 2. The molecule has 1 saturated heterocycles. The fraction of sp³-hybridized carbons (Fsp3) is 0.300. The zero-order chi connectivity index (χ0) is 29.1. The smallest absolute Gasteiger partial charge is 0.325 e. The van der Waals surface area contributed by atoms with Gasteiger partial charge < -0.3 is 25.6 Å². The van der Waals surface area contributed by atoms with E-state index in [-0.39, 0.29) is 12.1 Å². The van der Waals surface area contributed by atoms with Crippen LogP contribution in [-0.4, -0.2) is 58.3 Å². The SMILES string of the molecule is O=C(Nc1ccc(C2CC2)cc1F)C(Cc1ccc(F)cc1)N1C(=O)N[C@H](c2ccc(OC(CO)CO)cc2)C1=O. The first-order valence-electron chi connectivity index (χ1n) is 13.2. The molecule has 1 aliphatic heterocycles. The minimum Gasteiger partial charge on any atom is -0.486 e. The standard InChI is InChI=1S/C30H29F2N3O6/c31-21-8-1-17(2-9-21)13-26(28(38)33-25-12-7-20(14-24(25)32)18-3-4-18)35-29(39)27(34-30(35)40)19-5-10-22(11-6-19)41-23(15-36)16-37/h1-2,5-12,14,18,23,26-27,36-37H,3-4,13,15-16H2,(H,33,38)(H,34,40)/t26?,27-/m1/s1. The van der Waals surface area contributed by atoms with Gasteiger partial charge in [0.05, 0.1) is 18.9 Å². The van der Waals surface area contributed by atoms with Gasteiger partial charge in [0, 0.05) is 6.42 Å². The van der Waals surface area contributed by atoms with Gasteiger partial charge in [0.25, 0.3) is 5.91 Å².